The molecule has 0 spiro atoms. The predicted molar refractivity (Wildman–Crippen MR) is 137 cm³/mol. The summed E-state index contributed by atoms with van der Waals surface area (Å²) in [5, 5.41) is 4.73. The quantitative estimate of drug-likeness (QED) is 0.420. The fraction of sp³-hybridized carbons (Fsp3) is 0.280. The van der Waals surface area contributed by atoms with Crippen molar-refractivity contribution in [3.05, 3.63) is 59.2 Å². The zero-order valence-corrected chi connectivity index (χ0v) is 21.5. The molecule has 1 aliphatic rings. The largest absolute Gasteiger partial charge is 0.495 e. The number of benzene rings is 2. The molecule has 0 atom stereocenters. The van der Waals surface area contributed by atoms with Gasteiger partial charge in [-0.2, -0.15) is 4.31 Å². The molecule has 190 valence electrons. The lowest BCUT2D eigenvalue weighted by Gasteiger charge is -2.26. The average Bonchev–Trinajstić information content (AvgIpc) is 3.36. The van der Waals surface area contributed by atoms with E-state index in [4.69, 9.17) is 9.47 Å². The van der Waals surface area contributed by atoms with Crippen molar-refractivity contribution < 1.29 is 27.1 Å². The number of anilines is 1. The van der Waals surface area contributed by atoms with Crippen LogP contribution in [0.2, 0.25) is 0 Å². The number of thiazole rings is 1. The number of rotatable bonds is 8. The van der Waals surface area contributed by atoms with Gasteiger partial charge in [0.15, 0.2) is 16.7 Å². The number of nitrogens with zero attached hydrogens (tertiary/aromatic N) is 2. The zero-order chi connectivity index (χ0) is 25.7. The highest BCUT2D eigenvalue weighted by atomic mass is 32.2. The van der Waals surface area contributed by atoms with Crippen molar-refractivity contribution >= 4 is 38.5 Å². The Morgan fingerprint density at radius 2 is 1.81 bits per heavy atom. The highest BCUT2D eigenvalue weighted by Gasteiger charge is 2.29. The molecule has 3 aromatic rings. The summed E-state index contributed by atoms with van der Waals surface area (Å²) in [4.78, 5) is 16.9. The van der Waals surface area contributed by atoms with Crippen molar-refractivity contribution in [1.82, 2.24) is 9.29 Å². The van der Waals surface area contributed by atoms with Crippen LogP contribution in [-0.4, -0.2) is 50.9 Å². The third-order valence-electron chi connectivity index (χ3n) is 5.73. The van der Waals surface area contributed by atoms with Gasteiger partial charge < -0.3 is 9.47 Å². The SMILES string of the molecule is COc1ccc(-c2csc(NC(=O)/C=C/c3ccc(OC)c(S(=O)(=O)N4CCCCC4)c3)n2)cc1F. The van der Waals surface area contributed by atoms with Crippen LogP contribution in [0.1, 0.15) is 24.8 Å². The summed E-state index contributed by atoms with van der Waals surface area (Å²) in [6.45, 7) is 0.958. The average molecular weight is 532 g/mol. The summed E-state index contributed by atoms with van der Waals surface area (Å²) in [7, 11) is -0.897. The first kappa shape index (κ1) is 25.8. The molecule has 1 amide bonds. The number of nitrogens with one attached hydrogen (secondary N) is 1. The number of sulfonamides is 1. The molecule has 4 rings (SSSR count). The van der Waals surface area contributed by atoms with E-state index in [2.05, 4.69) is 10.3 Å². The summed E-state index contributed by atoms with van der Waals surface area (Å²) < 4.78 is 52.1. The molecular weight excluding hydrogens is 505 g/mol. The maximum atomic E-state index is 14.0. The van der Waals surface area contributed by atoms with Gasteiger partial charge in [-0.05, 0) is 54.8 Å². The molecule has 1 saturated heterocycles. The fourth-order valence-electron chi connectivity index (χ4n) is 3.85. The molecule has 1 fully saturated rings. The molecule has 8 nitrogen and oxygen atoms in total. The van der Waals surface area contributed by atoms with Crippen molar-refractivity contribution in [1.29, 1.82) is 0 Å². The first-order valence-corrected chi connectivity index (χ1v) is 13.6. The van der Waals surface area contributed by atoms with Crippen LogP contribution < -0.4 is 14.8 Å². The lowest BCUT2D eigenvalue weighted by atomic mass is 10.1. The van der Waals surface area contributed by atoms with E-state index >= 15 is 0 Å². The summed E-state index contributed by atoms with van der Waals surface area (Å²) in [5.74, 6) is -0.545. The minimum absolute atomic E-state index is 0.0748. The second-order valence-corrected chi connectivity index (χ2v) is 10.8. The van der Waals surface area contributed by atoms with Crippen molar-refractivity contribution in [3.8, 4) is 22.8 Å². The Balaban J connectivity index is 1.47. The molecule has 36 heavy (non-hydrogen) atoms. The number of amides is 1. The van der Waals surface area contributed by atoms with Crippen molar-refractivity contribution in [2.24, 2.45) is 0 Å². The normalized spacial score (nSPS) is 14.6. The molecule has 2 aromatic carbocycles. The van der Waals surface area contributed by atoms with E-state index in [1.54, 1.807) is 23.6 Å². The van der Waals surface area contributed by atoms with Gasteiger partial charge in [0.2, 0.25) is 15.9 Å². The van der Waals surface area contributed by atoms with Crippen LogP contribution in [0.15, 0.2) is 52.7 Å². The van der Waals surface area contributed by atoms with E-state index in [1.807, 2.05) is 0 Å². The molecule has 1 aromatic heterocycles. The maximum Gasteiger partial charge on any atom is 0.250 e. The number of piperidine rings is 1. The summed E-state index contributed by atoms with van der Waals surface area (Å²) in [5.41, 5.74) is 1.61. The second kappa shape index (κ2) is 11.2. The lowest BCUT2D eigenvalue weighted by Crippen LogP contribution is -2.35. The van der Waals surface area contributed by atoms with Gasteiger partial charge in [-0.25, -0.2) is 17.8 Å². The predicted octanol–water partition coefficient (Wildman–Crippen LogP) is 4.79. The monoisotopic (exact) mass is 531 g/mol. The van der Waals surface area contributed by atoms with Crippen molar-refractivity contribution in [2.45, 2.75) is 24.2 Å². The fourth-order valence-corrected chi connectivity index (χ4v) is 6.28. The molecule has 0 aliphatic carbocycles. The van der Waals surface area contributed by atoms with Crippen LogP contribution in [0, 0.1) is 5.82 Å². The Kier molecular flexibility index (Phi) is 8.02. The van der Waals surface area contributed by atoms with E-state index in [1.165, 1.54) is 60.2 Å². The highest BCUT2D eigenvalue weighted by Crippen LogP contribution is 2.31. The number of hydrogen-bond donors (Lipinski definition) is 1. The first-order chi connectivity index (χ1) is 17.3. The van der Waals surface area contributed by atoms with Gasteiger partial charge in [0.25, 0.3) is 0 Å². The number of halogens is 1. The number of ether oxygens (including phenoxy) is 2. The third kappa shape index (κ3) is 5.75. The Labute approximate surface area is 213 Å². The molecule has 2 heterocycles. The Morgan fingerprint density at radius 1 is 1.08 bits per heavy atom. The lowest BCUT2D eigenvalue weighted by molar-refractivity contribution is -0.111. The molecular formula is C25H26FN3O5S2. The van der Waals surface area contributed by atoms with Crippen LogP contribution in [0.3, 0.4) is 0 Å². The Morgan fingerprint density at radius 3 is 2.50 bits per heavy atom. The number of hydrogen-bond acceptors (Lipinski definition) is 7. The molecule has 0 saturated carbocycles. The van der Waals surface area contributed by atoms with Crippen LogP contribution in [0.25, 0.3) is 17.3 Å². The molecule has 0 radical (unpaired) electrons. The van der Waals surface area contributed by atoms with Gasteiger partial charge >= 0.3 is 0 Å². The maximum absolute atomic E-state index is 14.0. The van der Waals surface area contributed by atoms with Crippen LogP contribution >= 0.6 is 11.3 Å². The highest BCUT2D eigenvalue weighted by molar-refractivity contribution is 7.89. The number of methoxy groups -OCH3 is 2. The van der Waals surface area contributed by atoms with Gasteiger partial charge in [-0.1, -0.05) is 12.5 Å². The second-order valence-electron chi connectivity index (χ2n) is 8.08. The van der Waals surface area contributed by atoms with Crippen LogP contribution in [-0.2, 0) is 14.8 Å². The number of carbonyl (C=O) groups excluding carboxylic acids is 1. The Hall–Kier alpha value is -3.28. The third-order valence-corrected chi connectivity index (χ3v) is 8.41. The van der Waals surface area contributed by atoms with E-state index in [9.17, 15) is 17.6 Å². The molecule has 0 unspecified atom stereocenters. The van der Waals surface area contributed by atoms with Gasteiger partial charge in [0.05, 0.1) is 19.9 Å². The molecule has 0 bridgehead atoms. The smallest absolute Gasteiger partial charge is 0.250 e. The molecule has 1 N–H and O–H groups in total. The minimum atomic E-state index is -3.71. The van der Waals surface area contributed by atoms with E-state index in [0.29, 0.717) is 35.0 Å². The first-order valence-electron chi connectivity index (χ1n) is 11.3. The van der Waals surface area contributed by atoms with Crippen molar-refractivity contribution in [2.75, 3.05) is 32.6 Å². The Bertz CT molecular complexity index is 1380. The summed E-state index contributed by atoms with van der Waals surface area (Å²) in [6, 6.07) is 9.28. The van der Waals surface area contributed by atoms with E-state index in [-0.39, 0.29) is 16.4 Å². The zero-order valence-electron chi connectivity index (χ0n) is 19.9. The number of aromatic nitrogens is 1. The minimum Gasteiger partial charge on any atom is -0.495 e. The number of carbonyl (C=O) groups is 1. The summed E-state index contributed by atoms with van der Waals surface area (Å²) >= 11 is 1.20. The van der Waals surface area contributed by atoms with E-state index < -0.39 is 21.7 Å². The van der Waals surface area contributed by atoms with E-state index in [0.717, 1.165) is 19.3 Å². The standard InChI is InChI=1S/C25H26FN3O5S2/c1-33-21-10-8-18(15-19(21)26)20-16-35-25(27-20)28-24(30)11-7-17-6-9-22(34-2)23(14-17)36(31,32)29-12-4-3-5-13-29/h6-11,14-16H,3-5,12-13H2,1-2H3,(H,27,28,30)/b11-7+. The molecule has 1 aliphatic heterocycles. The van der Waals surface area contributed by atoms with Gasteiger partial charge in [-0.3, -0.25) is 10.1 Å². The van der Waals surface area contributed by atoms with Gasteiger partial charge in [0.1, 0.15) is 10.6 Å². The van der Waals surface area contributed by atoms with Crippen molar-refractivity contribution in [3.63, 3.8) is 0 Å². The topological polar surface area (TPSA) is 97.8 Å². The van der Waals surface area contributed by atoms with Gasteiger partial charge in [-0.15, -0.1) is 11.3 Å². The van der Waals surface area contributed by atoms with Crippen LogP contribution in [0.4, 0.5) is 9.52 Å². The molecule has 11 heteroatoms. The van der Waals surface area contributed by atoms with Crippen LogP contribution in [0.5, 0.6) is 11.5 Å². The summed E-state index contributed by atoms with van der Waals surface area (Å²) in [6.07, 6.45) is 5.49. The van der Waals surface area contributed by atoms with Gasteiger partial charge in [0, 0.05) is 30.1 Å².